The molecule has 0 saturated carbocycles. The highest BCUT2D eigenvalue weighted by atomic mass is 16.3. The molecule has 0 aliphatic heterocycles. The van der Waals surface area contributed by atoms with Crippen molar-refractivity contribution in [2.75, 3.05) is 6.61 Å². The van der Waals surface area contributed by atoms with Crippen molar-refractivity contribution < 1.29 is 9.90 Å². The average Bonchev–Trinajstić information content (AvgIpc) is 2.30. The molecule has 0 aliphatic rings. The van der Waals surface area contributed by atoms with E-state index in [2.05, 4.69) is 5.32 Å². The molecule has 1 amide bonds. The second-order valence-corrected chi connectivity index (χ2v) is 4.67. The zero-order valence-electron chi connectivity index (χ0n) is 10.7. The summed E-state index contributed by atoms with van der Waals surface area (Å²) in [5.41, 5.74) is 1.07. The largest absolute Gasteiger partial charge is 0.396 e. The predicted octanol–water partition coefficient (Wildman–Crippen LogP) is 2.13. The van der Waals surface area contributed by atoms with Crippen molar-refractivity contribution in [3.05, 3.63) is 35.9 Å². The van der Waals surface area contributed by atoms with Crippen molar-refractivity contribution in [2.24, 2.45) is 11.8 Å². The molecule has 0 aromatic heterocycles. The van der Waals surface area contributed by atoms with E-state index in [0.29, 0.717) is 0 Å². The first-order valence-corrected chi connectivity index (χ1v) is 6.02. The van der Waals surface area contributed by atoms with Gasteiger partial charge in [-0.1, -0.05) is 44.2 Å². The standard InChI is InChI=1S/C14H21NO2/c1-10(2)13(9-16)14(17)15-11(3)12-7-5-4-6-8-12/h4-8,10-11,13,16H,9H2,1-3H3,(H,15,17)/t11-,13+/m0/s1. The van der Waals surface area contributed by atoms with Crippen molar-refractivity contribution in [1.82, 2.24) is 5.32 Å². The van der Waals surface area contributed by atoms with Crippen LogP contribution in [0.25, 0.3) is 0 Å². The van der Waals surface area contributed by atoms with E-state index in [9.17, 15) is 9.90 Å². The zero-order valence-corrected chi connectivity index (χ0v) is 10.7. The molecule has 0 spiro atoms. The Bertz CT molecular complexity index is 348. The van der Waals surface area contributed by atoms with E-state index in [1.54, 1.807) is 0 Å². The summed E-state index contributed by atoms with van der Waals surface area (Å²) < 4.78 is 0. The van der Waals surface area contributed by atoms with Gasteiger partial charge in [-0.2, -0.15) is 0 Å². The minimum atomic E-state index is -0.332. The molecule has 0 saturated heterocycles. The smallest absolute Gasteiger partial charge is 0.226 e. The van der Waals surface area contributed by atoms with E-state index in [1.807, 2.05) is 51.1 Å². The third kappa shape index (κ3) is 3.86. The number of nitrogens with one attached hydrogen (secondary N) is 1. The SMILES string of the molecule is CC(C)[C@@H](CO)C(=O)N[C@@H](C)c1ccccc1. The van der Waals surface area contributed by atoms with Crippen LogP contribution < -0.4 is 5.32 Å². The Hall–Kier alpha value is -1.35. The van der Waals surface area contributed by atoms with Gasteiger partial charge in [0.15, 0.2) is 0 Å². The number of rotatable bonds is 5. The Morgan fingerprint density at radius 2 is 1.82 bits per heavy atom. The van der Waals surface area contributed by atoms with Crippen LogP contribution in [0, 0.1) is 11.8 Å². The molecule has 0 fully saturated rings. The summed E-state index contributed by atoms with van der Waals surface area (Å²) in [6.07, 6.45) is 0. The number of amides is 1. The fourth-order valence-electron chi connectivity index (χ4n) is 1.74. The van der Waals surface area contributed by atoms with E-state index < -0.39 is 0 Å². The lowest BCUT2D eigenvalue weighted by atomic mass is 9.95. The van der Waals surface area contributed by atoms with Gasteiger partial charge in [-0.15, -0.1) is 0 Å². The van der Waals surface area contributed by atoms with Crippen molar-refractivity contribution in [3.8, 4) is 0 Å². The molecule has 17 heavy (non-hydrogen) atoms. The highest BCUT2D eigenvalue weighted by molar-refractivity contribution is 5.79. The number of aliphatic hydroxyl groups excluding tert-OH is 1. The number of benzene rings is 1. The van der Waals surface area contributed by atoms with Gasteiger partial charge in [0.05, 0.1) is 18.6 Å². The molecule has 0 bridgehead atoms. The molecule has 0 unspecified atom stereocenters. The van der Waals surface area contributed by atoms with E-state index in [1.165, 1.54) is 0 Å². The van der Waals surface area contributed by atoms with Gasteiger partial charge < -0.3 is 10.4 Å². The number of hydrogen-bond acceptors (Lipinski definition) is 2. The van der Waals surface area contributed by atoms with Gasteiger partial charge in [-0.3, -0.25) is 4.79 Å². The summed E-state index contributed by atoms with van der Waals surface area (Å²) >= 11 is 0. The molecule has 2 atom stereocenters. The van der Waals surface area contributed by atoms with Gasteiger partial charge in [-0.25, -0.2) is 0 Å². The van der Waals surface area contributed by atoms with E-state index >= 15 is 0 Å². The quantitative estimate of drug-likeness (QED) is 0.821. The fraction of sp³-hybridized carbons (Fsp3) is 0.500. The van der Waals surface area contributed by atoms with Crippen LogP contribution in [0.1, 0.15) is 32.4 Å². The Balaban J connectivity index is 2.63. The number of aliphatic hydroxyl groups is 1. The molecular formula is C14H21NO2. The molecule has 2 N–H and O–H groups in total. The van der Waals surface area contributed by atoms with Crippen LogP contribution in [0.3, 0.4) is 0 Å². The lowest BCUT2D eigenvalue weighted by molar-refractivity contribution is -0.128. The summed E-state index contributed by atoms with van der Waals surface area (Å²) in [6, 6.07) is 9.77. The maximum absolute atomic E-state index is 11.9. The molecule has 1 aromatic rings. The van der Waals surface area contributed by atoms with Crippen molar-refractivity contribution in [2.45, 2.75) is 26.8 Å². The summed E-state index contributed by atoms with van der Waals surface area (Å²) in [5, 5.41) is 12.1. The van der Waals surface area contributed by atoms with Crippen LogP contribution in [0.2, 0.25) is 0 Å². The Labute approximate surface area is 103 Å². The van der Waals surface area contributed by atoms with Gasteiger partial charge in [0, 0.05) is 0 Å². The minimum absolute atomic E-state index is 0.0310. The second-order valence-electron chi connectivity index (χ2n) is 4.67. The first-order chi connectivity index (χ1) is 8.06. The second kappa shape index (κ2) is 6.40. The Morgan fingerprint density at radius 3 is 2.29 bits per heavy atom. The molecule has 0 heterocycles. The highest BCUT2D eigenvalue weighted by Crippen LogP contribution is 2.15. The monoisotopic (exact) mass is 235 g/mol. The van der Waals surface area contributed by atoms with Gasteiger partial charge in [0.2, 0.25) is 5.91 Å². The van der Waals surface area contributed by atoms with E-state index in [4.69, 9.17) is 0 Å². The van der Waals surface area contributed by atoms with E-state index in [-0.39, 0.29) is 30.4 Å². The van der Waals surface area contributed by atoms with Crippen molar-refractivity contribution in [1.29, 1.82) is 0 Å². The summed E-state index contributed by atoms with van der Waals surface area (Å²) in [6.45, 7) is 5.72. The lowest BCUT2D eigenvalue weighted by Crippen LogP contribution is -2.37. The van der Waals surface area contributed by atoms with Crippen LogP contribution in [0.4, 0.5) is 0 Å². The third-order valence-corrected chi connectivity index (χ3v) is 3.00. The summed E-state index contributed by atoms with van der Waals surface area (Å²) in [4.78, 5) is 11.9. The predicted molar refractivity (Wildman–Crippen MR) is 68.4 cm³/mol. The first kappa shape index (κ1) is 13.7. The molecule has 1 rings (SSSR count). The van der Waals surface area contributed by atoms with Gasteiger partial charge in [0.25, 0.3) is 0 Å². The highest BCUT2D eigenvalue weighted by Gasteiger charge is 2.22. The maximum Gasteiger partial charge on any atom is 0.226 e. The van der Waals surface area contributed by atoms with Crippen LogP contribution >= 0.6 is 0 Å². The summed E-state index contributed by atoms with van der Waals surface area (Å²) in [5.74, 6) is -0.275. The van der Waals surface area contributed by atoms with E-state index in [0.717, 1.165) is 5.56 Å². The first-order valence-electron chi connectivity index (χ1n) is 6.02. The van der Waals surface area contributed by atoms with Crippen molar-refractivity contribution in [3.63, 3.8) is 0 Å². The number of carbonyl (C=O) groups excluding carboxylic acids is 1. The van der Waals surface area contributed by atoms with Crippen LogP contribution in [-0.2, 0) is 4.79 Å². The molecule has 1 aromatic carbocycles. The molecule has 0 aliphatic carbocycles. The molecule has 3 nitrogen and oxygen atoms in total. The summed E-state index contributed by atoms with van der Waals surface area (Å²) in [7, 11) is 0. The molecule has 0 radical (unpaired) electrons. The average molecular weight is 235 g/mol. The van der Waals surface area contributed by atoms with Gasteiger partial charge in [-0.05, 0) is 18.4 Å². The fourth-order valence-corrected chi connectivity index (χ4v) is 1.74. The number of hydrogen-bond donors (Lipinski definition) is 2. The topological polar surface area (TPSA) is 49.3 Å². The van der Waals surface area contributed by atoms with Crippen LogP contribution in [0.15, 0.2) is 30.3 Å². The molecule has 3 heteroatoms. The normalized spacial score (nSPS) is 14.4. The Morgan fingerprint density at radius 1 is 1.24 bits per heavy atom. The van der Waals surface area contributed by atoms with Crippen LogP contribution in [0.5, 0.6) is 0 Å². The number of carbonyl (C=O) groups is 1. The Kier molecular flexibility index (Phi) is 5.16. The lowest BCUT2D eigenvalue weighted by Gasteiger charge is -2.21. The third-order valence-electron chi connectivity index (χ3n) is 3.00. The van der Waals surface area contributed by atoms with Crippen LogP contribution in [-0.4, -0.2) is 17.6 Å². The minimum Gasteiger partial charge on any atom is -0.396 e. The molecule has 94 valence electrons. The van der Waals surface area contributed by atoms with Gasteiger partial charge >= 0.3 is 0 Å². The van der Waals surface area contributed by atoms with Crippen molar-refractivity contribution >= 4 is 5.91 Å². The zero-order chi connectivity index (χ0) is 12.8. The van der Waals surface area contributed by atoms with Gasteiger partial charge in [0.1, 0.15) is 0 Å². The maximum atomic E-state index is 11.9. The molecular weight excluding hydrogens is 214 g/mol.